The van der Waals surface area contributed by atoms with Gasteiger partial charge in [-0.1, -0.05) is 41.5 Å². The second-order valence-electron chi connectivity index (χ2n) is 4.45. The highest BCUT2D eigenvalue weighted by Gasteiger charge is 2.33. The van der Waals surface area contributed by atoms with Crippen LogP contribution >= 0.6 is 11.3 Å². The zero-order valence-electron chi connectivity index (χ0n) is 12.2. The third-order valence-corrected chi connectivity index (χ3v) is 3.40. The fourth-order valence-electron chi connectivity index (χ4n) is 1.84. The molecular formula is C14H25NOS. The molecule has 1 aromatic rings. The van der Waals surface area contributed by atoms with Crippen LogP contribution in [-0.4, -0.2) is 10.8 Å². The van der Waals surface area contributed by atoms with E-state index >= 15 is 0 Å². The number of carbonyl (C=O) groups is 1. The van der Waals surface area contributed by atoms with E-state index in [1.54, 1.807) is 0 Å². The molecule has 0 aliphatic heterocycles. The van der Waals surface area contributed by atoms with E-state index in [1.165, 1.54) is 11.3 Å². The van der Waals surface area contributed by atoms with Gasteiger partial charge in [-0.15, -0.1) is 11.3 Å². The van der Waals surface area contributed by atoms with Gasteiger partial charge in [-0.25, -0.2) is 4.98 Å². The third kappa shape index (κ3) is 4.23. The Hall–Kier alpha value is -0.700. The zero-order valence-corrected chi connectivity index (χ0v) is 13.0. The third-order valence-electron chi connectivity index (χ3n) is 2.34. The number of aryl methyl sites for hydroxylation is 1. The Kier molecular flexibility index (Phi) is 6.61. The van der Waals surface area contributed by atoms with Crippen LogP contribution in [0, 0.1) is 12.3 Å². The first-order valence-corrected chi connectivity index (χ1v) is 7.29. The molecule has 0 radical (unpaired) electrons. The maximum Gasteiger partial charge on any atom is 0.175 e. The van der Waals surface area contributed by atoms with E-state index in [2.05, 4.69) is 18.8 Å². The van der Waals surface area contributed by atoms with Gasteiger partial charge in [0.15, 0.2) is 5.78 Å². The van der Waals surface area contributed by atoms with Crippen molar-refractivity contribution in [2.75, 3.05) is 0 Å². The first-order valence-electron chi connectivity index (χ1n) is 6.47. The van der Waals surface area contributed by atoms with Crippen LogP contribution in [0.3, 0.4) is 0 Å². The van der Waals surface area contributed by atoms with Gasteiger partial charge in [0, 0.05) is 6.42 Å². The van der Waals surface area contributed by atoms with Crippen LogP contribution in [0.4, 0.5) is 0 Å². The van der Waals surface area contributed by atoms with Gasteiger partial charge in [0.2, 0.25) is 0 Å². The Morgan fingerprint density at radius 1 is 1.12 bits per heavy atom. The number of rotatable bonds is 0. The zero-order chi connectivity index (χ0) is 13.6. The fourth-order valence-corrected chi connectivity index (χ4v) is 2.71. The largest absolute Gasteiger partial charge is 0.293 e. The summed E-state index contributed by atoms with van der Waals surface area (Å²) in [5, 5.41) is 1.01. The second kappa shape index (κ2) is 6.90. The summed E-state index contributed by atoms with van der Waals surface area (Å²) in [7, 11) is 0. The van der Waals surface area contributed by atoms with Crippen LogP contribution in [0.2, 0.25) is 0 Å². The van der Waals surface area contributed by atoms with Crippen molar-refractivity contribution in [1.29, 1.82) is 0 Å². The van der Waals surface area contributed by atoms with Gasteiger partial charge in [0.25, 0.3) is 0 Å². The quantitative estimate of drug-likeness (QED) is 0.675. The maximum absolute atomic E-state index is 11.7. The van der Waals surface area contributed by atoms with Crippen LogP contribution < -0.4 is 0 Å². The van der Waals surface area contributed by atoms with Crippen molar-refractivity contribution in [2.24, 2.45) is 5.41 Å². The molecule has 0 N–H and O–H groups in total. The average molecular weight is 255 g/mol. The van der Waals surface area contributed by atoms with E-state index in [4.69, 9.17) is 0 Å². The number of nitrogens with zero attached hydrogens (tertiary/aromatic N) is 1. The molecule has 0 atom stereocenters. The topological polar surface area (TPSA) is 30.0 Å². The van der Waals surface area contributed by atoms with Crippen LogP contribution in [0.1, 0.15) is 68.3 Å². The maximum atomic E-state index is 11.7. The number of hydrogen-bond acceptors (Lipinski definition) is 3. The molecule has 1 heterocycles. The molecule has 0 spiro atoms. The summed E-state index contributed by atoms with van der Waals surface area (Å²) in [6.07, 6.45) is 1.61. The summed E-state index contributed by atoms with van der Waals surface area (Å²) in [6.45, 7) is 14.2. The van der Waals surface area contributed by atoms with Crippen molar-refractivity contribution >= 4 is 17.1 Å². The van der Waals surface area contributed by atoms with E-state index in [-0.39, 0.29) is 11.2 Å². The minimum absolute atomic E-state index is 0.102. The van der Waals surface area contributed by atoms with E-state index in [1.807, 2.05) is 34.6 Å². The van der Waals surface area contributed by atoms with Gasteiger partial charge < -0.3 is 0 Å². The lowest BCUT2D eigenvalue weighted by molar-refractivity contribution is 0.0916. The van der Waals surface area contributed by atoms with Crippen LogP contribution in [0.25, 0.3) is 0 Å². The monoisotopic (exact) mass is 255 g/mol. The van der Waals surface area contributed by atoms with Crippen molar-refractivity contribution in [3.63, 3.8) is 0 Å². The van der Waals surface area contributed by atoms with Crippen molar-refractivity contribution < 1.29 is 4.79 Å². The van der Waals surface area contributed by atoms with E-state index in [0.717, 1.165) is 22.0 Å². The summed E-state index contributed by atoms with van der Waals surface area (Å²) in [6, 6.07) is 0. The number of ketones is 1. The minimum Gasteiger partial charge on any atom is -0.293 e. The average Bonchev–Trinajstić information content (AvgIpc) is 2.63. The first-order chi connectivity index (χ1) is 7.98. The van der Waals surface area contributed by atoms with Gasteiger partial charge in [0.05, 0.1) is 15.6 Å². The minimum atomic E-state index is 0.102. The molecule has 1 aliphatic carbocycles. The smallest absolute Gasteiger partial charge is 0.175 e. The molecule has 1 aliphatic rings. The SMILES string of the molecule is CC.CC.Cc1nc2c(s1)C(=O)CC(C)(C)C2. The Bertz CT molecular complexity index is 366. The number of aromatic nitrogens is 1. The molecule has 2 nitrogen and oxygen atoms in total. The van der Waals surface area contributed by atoms with E-state index in [0.29, 0.717) is 6.42 Å². The number of fused-ring (bicyclic) bond motifs is 1. The number of carbonyl (C=O) groups excluding carboxylic acids is 1. The Balaban J connectivity index is 0.000000581. The van der Waals surface area contributed by atoms with Crippen LogP contribution in [0.5, 0.6) is 0 Å². The molecule has 0 saturated heterocycles. The van der Waals surface area contributed by atoms with Gasteiger partial charge in [-0.05, 0) is 18.8 Å². The molecule has 98 valence electrons. The lowest BCUT2D eigenvalue weighted by Crippen LogP contribution is -2.25. The molecule has 0 saturated carbocycles. The fraction of sp³-hybridized carbons (Fsp3) is 0.714. The molecule has 0 fully saturated rings. The molecule has 17 heavy (non-hydrogen) atoms. The van der Waals surface area contributed by atoms with Crippen molar-refractivity contribution in [3.05, 3.63) is 15.6 Å². The Labute approximate surface area is 109 Å². The van der Waals surface area contributed by atoms with Crippen molar-refractivity contribution in [1.82, 2.24) is 4.98 Å². The lowest BCUT2D eigenvalue weighted by Gasteiger charge is -2.26. The predicted octanol–water partition coefficient (Wildman–Crippen LogP) is 4.66. The highest BCUT2D eigenvalue weighted by atomic mass is 32.1. The number of hydrogen-bond donors (Lipinski definition) is 0. The molecular weight excluding hydrogens is 230 g/mol. The molecule has 0 amide bonds. The second-order valence-corrected chi connectivity index (χ2v) is 5.65. The molecule has 3 heteroatoms. The van der Waals surface area contributed by atoms with E-state index in [9.17, 15) is 4.79 Å². The highest BCUT2D eigenvalue weighted by Crippen LogP contribution is 2.36. The molecule has 1 aromatic heterocycles. The molecule has 2 rings (SSSR count). The first kappa shape index (κ1) is 16.3. The lowest BCUT2D eigenvalue weighted by atomic mass is 9.78. The van der Waals surface area contributed by atoms with Gasteiger partial charge in [0.1, 0.15) is 0 Å². The van der Waals surface area contributed by atoms with Crippen molar-refractivity contribution in [3.8, 4) is 0 Å². The Morgan fingerprint density at radius 2 is 1.65 bits per heavy atom. The Morgan fingerprint density at radius 3 is 2.18 bits per heavy atom. The van der Waals surface area contributed by atoms with Crippen LogP contribution in [0.15, 0.2) is 0 Å². The van der Waals surface area contributed by atoms with Crippen molar-refractivity contribution in [2.45, 2.75) is 61.3 Å². The molecule has 0 aromatic carbocycles. The highest BCUT2D eigenvalue weighted by molar-refractivity contribution is 7.13. The summed E-state index contributed by atoms with van der Waals surface area (Å²) in [4.78, 5) is 17.0. The molecule has 0 bridgehead atoms. The number of thiazole rings is 1. The molecule has 0 unspecified atom stereocenters. The number of Topliss-reactive ketones (excluding diaryl/α,β-unsaturated/α-hetero) is 1. The summed E-state index contributed by atoms with van der Waals surface area (Å²) >= 11 is 1.54. The van der Waals surface area contributed by atoms with Gasteiger partial charge in [-0.2, -0.15) is 0 Å². The normalized spacial score (nSPS) is 16.1. The summed E-state index contributed by atoms with van der Waals surface area (Å²) in [5.74, 6) is 0.275. The predicted molar refractivity (Wildman–Crippen MR) is 76.0 cm³/mol. The van der Waals surface area contributed by atoms with Gasteiger partial charge >= 0.3 is 0 Å². The summed E-state index contributed by atoms with van der Waals surface area (Å²) in [5.41, 5.74) is 1.12. The standard InChI is InChI=1S/C10H13NOS.2C2H6/c1-6-11-7-4-10(2,3)5-8(12)9(7)13-6;2*1-2/h4-5H2,1-3H3;2*1-2H3. The van der Waals surface area contributed by atoms with Gasteiger partial charge in [-0.3, -0.25) is 4.79 Å². The van der Waals surface area contributed by atoms with E-state index < -0.39 is 0 Å². The summed E-state index contributed by atoms with van der Waals surface area (Å²) < 4.78 is 0. The van der Waals surface area contributed by atoms with Crippen LogP contribution in [-0.2, 0) is 6.42 Å².